The van der Waals surface area contributed by atoms with Crippen LogP contribution < -0.4 is 10.1 Å². The fraction of sp³-hybridized carbons (Fsp3) is 0.632. The zero-order chi connectivity index (χ0) is 16.0. The third kappa shape index (κ3) is 2.85. The lowest BCUT2D eigenvalue weighted by Gasteiger charge is -2.44. The van der Waals surface area contributed by atoms with Gasteiger partial charge in [-0.25, -0.2) is 0 Å². The number of rotatable bonds is 2. The Hall–Kier alpha value is -1.55. The molecule has 2 fully saturated rings. The number of carbonyl (C=O) groups excluding carboxylic acids is 1. The van der Waals surface area contributed by atoms with Gasteiger partial charge in [-0.05, 0) is 25.3 Å². The molecule has 0 bridgehead atoms. The van der Waals surface area contributed by atoms with E-state index in [1.807, 2.05) is 0 Å². The molecule has 2 heterocycles. The van der Waals surface area contributed by atoms with Crippen molar-refractivity contribution in [3.63, 3.8) is 0 Å². The van der Waals surface area contributed by atoms with Crippen LogP contribution in [0.1, 0.15) is 49.8 Å². The van der Waals surface area contributed by atoms with Gasteiger partial charge in [0.1, 0.15) is 11.4 Å². The Morgan fingerprint density at radius 3 is 2.74 bits per heavy atom. The van der Waals surface area contributed by atoms with Gasteiger partial charge < -0.3 is 14.8 Å². The predicted octanol–water partition coefficient (Wildman–Crippen LogP) is 3.14. The van der Waals surface area contributed by atoms with E-state index >= 15 is 0 Å². The van der Waals surface area contributed by atoms with Crippen molar-refractivity contribution in [1.29, 1.82) is 0 Å². The molecular weight excluding hydrogens is 290 g/mol. The first-order valence-corrected chi connectivity index (χ1v) is 8.74. The summed E-state index contributed by atoms with van der Waals surface area (Å²) in [4.78, 5) is 12.5. The Bertz CT molecular complexity index is 621. The molecule has 1 saturated carbocycles. The number of nitrogens with one attached hydrogen (secondary N) is 1. The van der Waals surface area contributed by atoms with Crippen LogP contribution in [0.25, 0.3) is 0 Å². The van der Waals surface area contributed by atoms with Crippen molar-refractivity contribution in [2.75, 3.05) is 13.2 Å². The molecule has 0 unspecified atom stereocenters. The number of amides is 1. The zero-order valence-electron chi connectivity index (χ0n) is 13.9. The van der Waals surface area contributed by atoms with Crippen molar-refractivity contribution < 1.29 is 14.3 Å². The van der Waals surface area contributed by atoms with Gasteiger partial charge in [0.25, 0.3) is 0 Å². The van der Waals surface area contributed by atoms with Crippen molar-refractivity contribution >= 4 is 5.91 Å². The summed E-state index contributed by atoms with van der Waals surface area (Å²) in [6.07, 6.45) is 3.66. The first-order valence-electron chi connectivity index (χ1n) is 8.74. The Balaban J connectivity index is 1.62. The van der Waals surface area contributed by atoms with Gasteiger partial charge in [-0.1, -0.05) is 24.6 Å². The third-order valence-electron chi connectivity index (χ3n) is 5.61. The van der Waals surface area contributed by atoms with Crippen molar-refractivity contribution in [2.24, 2.45) is 11.8 Å². The molecule has 3 aliphatic rings. The summed E-state index contributed by atoms with van der Waals surface area (Å²) in [5.41, 5.74) is 2.14. The third-order valence-corrected chi connectivity index (χ3v) is 5.61. The molecule has 4 rings (SSSR count). The molecule has 124 valence electrons. The normalized spacial score (nSPS) is 31.1. The largest absolute Gasteiger partial charge is 0.487 e. The Morgan fingerprint density at radius 2 is 2.04 bits per heavy atom. The maximum Gasteiger partial charge on any atom is 0.223 e. The molecule has 1 aliphatic carbocycles. The number of fused-ring (bicyclic) bond motifs is 1. The van der Waals surface area contributed by atoms with E-state index in [1.54, 1.807) is 0 Å². The molecule has 0 radical (unpaired) electrons. The number of benzene rings is 1. The Labute approximate surface area is 137 Å². The second-order valence-corrected chi connectivity index (χ2v) is 7.52. The van der Waals surface area contributed by atoms with Gasteiger partial charge in [-0.3, -0.25) is 4.79 Å². The van der Waals surface area contributed by atoms with Gasteiger partial charge in [-0.2, -0.15) is 0 Å². The van der Waals surface area contributed by atoms with Crippen molar-refractivity contribution in [3.05, 3.63) is 29.3 Å². The van der Waals surface area contributed by atoms with E-state index in [0.29, 0.717) is 5.92 Å². The number of carbonyl (C=O) groups is 1. The lowest BCUT2D eigenvalue weighted by atomic mass is 9.81. The molecule has 4 heteroatoms. The molecule has 1 aromatic carbocycles. The monoisotopic (exact) mass is 315 g/mol. The van der Waals surface area contributed by atoms with Gasteiger partial charge in [-0.15, -0.1) is 0 Å². The zero-order valence-corrected chi connectivity index (χ0v) is 13.9. The molecule has 1 saturated heterocycles. The van der Waals surface area contributed by atoms with E-state index in [2.05, 4.69) is 37.4 Å². The smallest absolute Gasteiger partial charge is 0.223 e. The van der Waals surface area contributed by atoms with Crippen LogP contribution in [0.3, 0.4) is 0 Å². The summed E-state index contributed by atoms with van der Waals surface area (Å²) in [6, 6.07) is 6.35. The van der Waals surface area contributed by atoms with E-state index in [4.69, 9.17) is 9.47 Å². The summed E-state index contributed by atoms with van der Waals surface area (Å²) in [7, 11) is 0. The van der Waals surface area contributed by atoms with E-state index < -0.39 is 0 Å². The Kier molecular flexibility index (Phi) is 3.60. The minimum Gasteiger partial charge on any atom is -0.487 e. The van der Waals surface area contributed by atoms with E-state index in [9.17, 15) is 4.79 Å². The molecule has 1 spiro atoms. The minimum atomic E-state index is -0.187. The number of ether oxygens (including phenoxy) is 2. The van der Waals surface area contributed by atoms with Crippen LogP contribution in [0, 0.1) is 18.8 Å². The van der Waals surface area contributed by atoms with Crippen LogP contribution in [0.5, 0.6) is 5.75 Å². The summed E-state index contributed by atoms with van der Waals surface area (Å²) >= 11 is 0. The maximum absolute atomic E-state index is 12.5. The van der Waals surface area contributed by atoms with Gasteiger partial charge in [0.2, 0.25) is 5.91 Å². The molecule has 0 aromatic heterocycles. The topological polar surface area (TPSA) is 47.6 Å². The quantitative estimate of drug-likeness (QED) is 0.912. The van der Waals surface area contributed by atoms with E-state index in [0.717, 1.165) is 50.2 Å². The van der Waals surface area contributed by atoms with Crippen LogP contribution in [0.15, 0.2) is 18.2 Å². The van der Waals surface area contributed by atoms with Gasteiger partial charge >= 0.3 is 0 Å². The number of hydrogen-bond acceptors (Lipinski definition) is 3. The molecule has 1 aromatic rings. The summed E-state index contributed by atoms with van der Waals surface area (Å²) in [6.45, 7) is 5.70. The van der Waals surface area contributed by atoms with E-state index in [1.165, 1.54) is 5.56 Å². The highest BCUT2D eigenvalue weighted by molar-refractivity contribution is 5.82. The second-order valence-electron chi connectivity index (χ2n) is 7.52. The molecule has 1 N–H and O–H groups in total. The lowest BCUT2D eigenvalue weighted by Crippen LogP contribution is -2.48. The average Bonchev–Trinajstić information content (AvgIpc) is 3.26. The highest BCUT2D eigenvalue weighted by atomic mass is 16.5. The van der Waals surface area contributed by atoms with Crippen molar-refractivity contribution in [1.82, 2.24) is 5.32 Å². The minimum absolute atomic E-state index is 0.0528. The van der Waals surface area contributed by atoms with Crippen molar-refractivity contribution in [2.45, 2.75) is 51.2 Å². The van der Waals surface area contributed by atoms with Crippen LogP contribution in [-0.2, 0) is 9.53 Å². The molecule has 2 aliphatic heterocycles. The molecule has 3 atom stereocenters. The second kappa shape index (κ2) is 5.52. The molecule has 23 heavy (non-hydrogen) atoms. The summed E-state index contributed by atoms with van der Waals surface area (Å²) < 4.78 is 11.9. The van der Waals surface area contributed by atoms with Gasteiger partial charge in [0.05, 0.1) is 19.3 Å². The fourth-order valence-corrected chi connectivity index (χ4v) is 3.93. The predicted molar refractivity (Wildman–Crippen MR) is 87.4 cm³/mol. The van der Waals surface area contributed by atoms with Gasteiger partial charge in [0, 0.05) is 30.7 Å². The van der Waals surface area contributed by atoms with Crippen LogP contribution in [0.4, 0.5) is 0 Å². The van der Waals surface area contributed by atoms with Crippen LogP contribution in [0.2, 0.25) is 0 Å². The van der Waals surface area contributed by atoms with Crippen LogP contribution in [-0.4, -0.2) is 24.7 Å². The van der Waals surface area contributed by atoms with Crippen LogP contribution >= 0.6 is 0 Å². The highest BCUT2D eigenvalue weighted by Crippen LogP contribution is 2.45. The highest BCUT2D eigenvalue weighted by Gasteiger charge is 2.45. The first kappa shape index (κ1) is 15.0. The van der Waals surface area contributed by atoms with E-state index in [-0.39, 0.29) is 23.5 Å². The molecular formula is C19H25NO3. The Morgan fingerprint density at radius 1 is 1.30 bits per heavy atom. The van der Waals surface area contributed by atoms with Crippen molar-refractivity contribution in [3.8, 4) is 5.75 Å². The SMILES string of the molecule is Cc1ccc2c(c1)[C@H](NC(=O)[C@@H]1C[C@H]1C)CC1(CCOCC1)O2. The fourth-order valence-electron chi connectivity index (χ4n) is 3.93. The number of aryl methyl sites for hydroxylation is 1. The summed E-state index contributed by atoms with van der Waals surface area (Å²) in [5.74, 6) is 1.87. The summed E-state index contributed by atoms with van der Waals surface area (Å²) in [5, 5.41) is 3.31. The lowest BCUT2D eigenvalue weighted by molar-refractivity contribution is -0.124. The molecule has 1 amide bonds. The van der Waals surface area contributed by atoms with Gasteiger partial charge in [0.15, 0.2) is 0 Å². The number of hydrogen-bond donors (Lipinski definition) is 1. The standard InChI is InChI=1S/C19H25NO3/c1-12-3-4-17-15(9-12)16(20-18(21)14-10-13(14)2)11-19(23-17)5-7-22-8-6-19/h3-4,9,13-14,16H,5-8,10-11H2,1-2H3,(H,20,21)/t13-,14-,16-/m1/s1. The maximum atomic E-state index is 12.5. The molecule has 4 nitrogen and oxygen atoms in total. The average molecular weight is 315 g/mol. The first-order chi connectivity index (χ1) is 11.1.